The van der Waals surface area contributed by atoms with Crippen LogP contribution in [0.25, 0.3) is 0 Å². The highest BCUT2D eigenvalue weighted by atomic mass is 35.5. The van der Waals surface area contributed by atoms with Gasteiger partial charge >= 0.3 is 6.03 Å². The van der Waals surface area contributed by atoms with E-state index in [1.54, 1.807) is 32.0 Å². The van der Waals surface area contributed by atoms with Gasteiger partial charge in [0.1, 0.15) is 12.1 Å². The standard InChI is InChI=1S/C24H27Cl2N3O3/c1-14(15-6-11-18(25)19(26)12-15)27-20(30)13-29-21(31)24(5,28-22(29)32)17-9-7-16(8-10-17)23(2,3)4/h6-12,14H,13H2,1-5H3,(H,27,30)(H,28,32). The minimum Gasteiger partial charge on any atom is -0.348 e. The molecule has 2 aromatic carbocycles. The van der Waals surface area contributed by atoms with Crippen LogP contribution in [0, 0.1) is 0 Å². The summed E-state index contributed by atoms with van der Waals surface area (Å²) in [5, 5.41) is 6.32. The fourth-order valence-corrected chi connectivity index (χ4v) is 3.94. The van der Waals surface area contributed by atoms with E-state index in [9.17, 15) is 14.4 Å². The largest absolute Gasteiger partial charge is 0.348 e. The van der Waals surface area contributed by atoms with Gasteiger partial charge in [-0.15, -0.1) is 0 Å². The van der Waals surface area contributed by atoms with Crippen molar-refractivity contribution in [2.75, 3.05) is 6.54 Å². The van der Waals surface area contributed by atoms with Gasteiger partial charge < -0.3 is 10.6 Å². The first-order chi connectivity index (χ1) is 14.8. The van der Waals surface area contributed by atoms with Gasteiger partial charge in [0, 0.05) is 0 Å². The van der Waals surface area contributed by atoms with Crippen molar-refractivity contribution in [3.05, 3.63) is 69.2 Å². The van der Waals surface area contributed by atoms with Gasteiger partial charge in [-0.3, -0.25) is 14.5 Å². The summed E-state index contributed by atoms with van der Waals surface area (Å²) in [4.78, 5) is 39.2. The fraction of sp³-hybridized carbons (Fsp3) is 0.375. The monoisotopic (exact) mass is 475 g/mol. The summed E-state index contributed by atoms with van der Waals surface area (Å²) in [6, 6.07) is 11.7. The van der Waals surface area contributed by atoms with Crippen LogP contribution in [-0.4, -0.2) is 29.3 Å². The van der Waals surface area contributed by atoms with Crippen molar-refractivity contribution in [1.82, 2.24) is 15.5 Å². The van der Waals surface area contributed by atoms with Crippen molar-refractivity contribution in [3.63, 3.8) is 0 Å². The fourth-order valence-electron chi connectivity index (χ4n) is 3.64. The second-order valence-corrected chi connectivity index (χ2v) is 10.1. The Labute approximate surface area is 198 Å². The smallest absolute Gasteiger partial charge is 0.325 e. The van der Waals surface area contributed by atoms with E-state index < -0.39 is 23.4 Å². The van der Waals surface area contributed by atoms with Crippen LogP contribution in [-0.2, 0) is 20.5 Å². The van der Waals surface area contributed by atoms with Crippen molar-refractivity contribution in [2.24, 2.45) is 0 Å². The molecule has 1 aliphatic rings. The van der Waals surface area contributed by atoms with Gasteiger partial charge in [0.2, 0.25) is 5.91 Å². The summed E-state index contributed by atoms with van der Waals surface area (Å²) >= 11 is 12.0. The summed E-state index contributed by atoms with van der Waals surface area (Å²) < 4.78 is 0. The van der Waals surface area contributed by atoms with Crippen molar-refractivity contribution >= 4 is 41.0 Å². The SMILES string of the molecule is CC(NC(=O)CN1C(=O)NC(C)(c2ccc(C(C)(C)C)cc2)C1=O)c1ccc(Cl)c(Cl)c1. The molecule has 170 valence electrons. The number of hydrogen-bond acceptors (Lipinski definition) is 3. The molecule has 2 N–H and O–H groups in total. The first-order valence-corrected chi connectivity index (χ1v) is 11.1. The lowest BCUT2D eigenvalue weighted by atomic mass is 9.84. The zero-order valence-corrected chi connectivity index (χ0v) is 20.3. The maximum Gasteiger partial charge on any atom is 0.325 e. The van der Waals surface area contributed by atoms with Crippen LogP contribution in [0.15, 0.2) is 42.5 Å². The van der Waals surface area contributed by atoms with E-state index in [4.69, 9.17) is 23.2 Å². The maximum absolute atomic E-state index is 13.1. The third-order valence-corrected chi connectivity index (χ3v) is 6.47. The molecule has 2 unspecified atom stereocenters. The first-order valence-electron chi connectivity index (χ1n) is 10.3. The Kier molecular flexibility index (Phi) is 6.59. The molecule has 32 heavy (non-hydrogen) atoms. The van der Waals surface area contributed by atoms with Crippen LogP contribution in [0.5, 0.6) is 0 Å². The second kappa shape index (κ2) is 8.75. The topological polar surface area (TPSA) is 78.5 Å². The van der Waals surface area contributed by atoms with Gasteiger partial charge in [-0.1, -0.05) is 74.3 Å². The zero-order valence-electron chi connectivity index (χ0n) is 18.8. The Morgan fingerprint density at radius 3 is 2.28 bits per heavy atom. The molecular formula is C24H27Cl2N3O3. The number of hydrogen-bond donors (Lipinski definition) is 2. The highest BCUT2D eigenvalue weighted by Crippen LogP contribution is 2.31. The average molecular weight is 476 g/mol. The minimum absolute atomic E-state index is 0.0303. The summed E-state index contributed by atoms with van der Waals surface area (Å²) in [5.74, 6) is -0.928. The first kappa shape index (κ1) is 24.1. The highest BCUT2D eigenvalue weighted by Gasteiger charge is 2.49. The molecule has 1 aliphatic heterocycles. The Hall–Kier alpha value is -2.57. The van der Waals surface area contributed by atoms with Crippen LogP contribution in [0.4, 0.5) is 4.79 Å². The summed E-state index contributed by atoms with van der Waals surface area (Å²) in [6.07, 6.45) is 0. The van der Waals surface area contributed by atoms with Gasteiger partial charge in [-0.25, -0.2) is 4.79 Å². The second-order valence-electron chi connectivity index (χ2n) is 9.24. The maximum atomic E-state index is 13.1. The minimum atomic E-state index is -1.23. The van der Waals surface area contributed by atoms with Crippen LogP contribution < -0.4 is 10.6 Å². The summed E-state index contributed by atoms with van der Waals surface area (Å²) in [5.41, 5.74) is 1.28. The molecule has 8 heteroatoms. The lowest BCUT2D eigenvalue weighted by Crippen LogP contribution is -2.43. The van der Waals surface area contributed by atoms with E-state index in [0.29, 0.717) is 15.6 Å². The lowest BCUT2D eigenvalue weighted by Gasteiger charge is -2.24. The van der Waals surface area contributed by atoms with Crippen molar-refractivity contribution in [3.8, 4) is 0 Å². The van der Waals surface area contributed by atoms with Crippen LogP contribution in [0.1, 0.15) is 57.4 Å². The van der Waals surface area contributed by atoms with Crippen molar-refractivity contribution in [2.45, 2.75) is 51.6 Å². The molecule has 2 atom stereocenters. The lowest BCUT2D eigenvalue weighted by molar-refractivity contribution is -0.135. The number of nitrogens with zero attached hydrogens (tertiary/aromatic N) is 1. The zero-order chi connectivity index (χ0) is 23.8. The number of amides is 4. The molecule has 0 aromatic heterocycles. The molecule has 0 radical (unpaired) electrons. The van der Waals surface area contributed by atoms with E-state index in [0.717, 1.165) is 16.0 Å². The number of halogens is 2. The number of carbonyl (C=O) groups is 3. The van der Waals surface area contributed by atoms with E-state index in [-0.39, 0.29) is 18.0 Å². The van der Waals surface area contributed by atoms with E-state index in [1.165, 1.54) is 0 Å². The molecule has 1 heterocycles. The number of nitrogens with one attached hydrogen (secondary N) is 2. The van der Waals surface area contributed by atoms with E-state index in [2.05, 4.69) is 31.4 Å². The van der Waals surface area contributed by atoms with Gasteiger partial charge in [-0.05, 0) is 48.1 Å². The van der Waals surface area contributed by atoms with Gasteiger partial charge in [0.15, 0.2) is 0 Å². The quantitative estimate of drug-likeness (QED) is 0.601. The van der Waals surface area contributed by atoms with Crippen LogP contribution in [0.2, 0.25) is 10.0 Å². The average Bonchev–Trinajstić information content (AvgIpc) is 2.93. The molecular weight excluding hydrogens is 449 g/mol. The summed E-state index contributed by atoms with van der Waals surface area (Å²) in [6.45, 7) is 9.36. The predicted octanol–water partition coefficient (Wildman–Crippen LogP) is 4.94. The number of benzene rings is 2. The number of urea groups is 1. The Morgan fingerprint density at radius 2 is 1.72 bits per heavy atom. The van der Waals surface area contributed by atoms with Gasteiger partial charge in [0.05, 0.1) is 16.1 Å². The third kappa shape index (κ3) is 4.76. The van der Waals surface area contributed by atoms with Crippen LogP contribution >= 0.6 is 23.2 Å². The molecule has 3 rings (SSSR count). The number of rotatable bonds is 5. The van der Waals surface area contributed by atoms with Crippen molar-refractivity contribution < 1.29 is 14.4 Å². The molecule has 0 spiro atoms. The molecule has 1 fully saturated rings. The summed E-state index contributed by atoms with van der Waals surface area (Å²) in [7, 11) is 0. The molecule has 0 saturated carbocycles. The van der Waals surface area contributed by atoms with Gasteiger partial charge in [-0.2, -0.15) is 0 Å². The third-order valence-electron chi connectivity index (χ3n) is 5.73. The Morgan fingerprint density at radius 1 is 1.09 bits per heavy atom. The molecule has 0 aliphatic carbocycles. The molecule has 6 nitrogen and oxygen atoms in total. The number of imide groups is 1. The van der Waals surface area contributed by atoms with Gasteiger partial charge in [0.25, 0.3) is 5.91 Å². The number of carbonyl (C=O) groups excluding carboxylic acids is 3. The van der Waals surface area contributed by atoms with E-state index >= 15 is 0 Å². The molecule has 4 amide bonds. The van der Waals surface area contributed by atoms with Crippen LogP contribution in [0.3, 0.4) is 0 Å². The van der Waals surface area contributed by atoms with E-state index in [1.807, 2.05) is 24.3 Å². The normalized spacial score (nSPS) is 19.7. The molecule has 1 saturated heterocycles. The highest BCUT2D eigenvalue weighted by molar-refractivity contribution is 6.42. The molecule has 2 aromatic rings. The Balaban J connectivity index is 1.71. The Bertz CT molecular complexity index is 1060. The molecule has 0 bridgehead atoms. The van der Waals surface area contributed by atoms with Crippen molar-refractivity contribution in [1.29, 1.82) is 0 Å². The predicted molar refractivity (Wildman–Crippen MR) is 126 cm³/mol.